The average molecular weight is 474 g/mol. The van der Waals surface area contributed by atoms with Crippen LogP contribution in [0.3, 0.4) is 0 Å². The highest BCUT2D eigenvalue weighted by Gasteiger charge is 2.08. The molecule has 126 valence electrons. The number of rotatable bonds is 5. The summed E-state index contributed by atoms with van der Waals surface area (Å²) < 4.78 is 12.2. The van der Waals surface area contributed by atoms with Crippen molar-refractivity contribution in [3.8, 4) is 11.5 Å². The first-order chi connectivity index (χ1) is 11.5. The quantitative estimate of drug-likeness (QED) is 0.640. The topological polar surface area (TPSA) is 59.6 Å². The highest BCUT2D eigenvalue weighted by molar-refractivity contribution is 9.11. The van der Waals surface area contributed by atoms with Crippen LogP contribution < -0.4 is 20.1 Å². The number of methoxy groups -OCH3 is 1. The Bertz CT molecular complexity index is 739. The summed E-state index contributed by atoms with van der Waals surface area (Å²) in [6, 6.07) is 12.6. The van der Waals surface area contributed by atoms with E-state index >= 15 is 0 Å². The van der Waals surface area contributed by atoms with Gasteiger partial charge in [-0.1, -0.05) is 15.9 Å². The Balaban J connectivity index is 1.81. The Morgan fingerprint density at radius 3 is 2.50 bits per heavy atom. The fourth-order valence-electron chi connectivity index (χ4n) is 1.73. The van der Waals surface area contributed by atoms with E-state index in [9.17, 15) is 4.79 Å². The molecule has 0 radical (unpaired) electrons. The number of halogens is 2. The molecule has 1 amide bonds. The fraction of sp³-hybridized carbons (Fsp3) is 0.125. The molecule has 2 aromatic carbocycles. The van der Waals surface area contributed by atoms with Crippen LogP contribution in [0, 0.1) is 0 Å². The lowest BCUT2D eigenvalue weighted by molar-refractivity contribution is -0.121. The third-order valence-corrected chi connectivity index (χ3v) is 4.17. The number of hydrogen-bond donors (Lipinski definition) is 2. The van der Waals surface area contributed by atoms with E-state index in [1.165, 1.54) is 0 Å². The van der Waals surface area contributed by atoms with Crippen molar-refractivity contribution in [3.63, 3.8) is 0 Å². The maximum atomic E-state index is 11.9. The minimum Gasteiger partial charge on any atom is -0.497 e. The number of carbonyl (C=O) groups is 1. The number of amides is 1. The molecule has 2 rings (SSSR count). The van der Waals surface area contributed by atoms with Crippen LogP contribution in [0.1, 0.15) is 0 Å². The minimum atomic E-state index is -0.351. The van der Waals surface area contributed by atoms with Crippen molar-refractivity contribution in [3.05, 3.63) is 51.4 Å². The molecule has 0 aliphatic rings. The van der Waals surface area contributed by atoms with Crippen molar-refractivity contribution in [1.29, 1.82) is 0 Å². The molecule has 2 N–H and O–H groups in total. The molecule has 0 atom stereocenters. The van der Waals surface area contributed by atoms with Crippen LogP contribution in [0.25, 0.3) is 0 Å². The van der Waals surface area contributed by atoms with Crippen molar-refractivity contribution in [2.24, 2.45) is 0 Å². The molecule has 0 aliphatic carbocycles. The number of thiocarbonyl (C=S) groups is 1. The van der Waals surface area contributed by atoms with Crippen molar-refractivity contribution < 1.29 is 14.3 Å². The standard InChI is InChI=1S/C16H14Br2N2O3S/c1-22-12-5-3-11(4-6-12)19-16(24)20-15(21)9-23-14-7-2-10(17)8-13(14)18/h2-8H,9H2,1H3,(H2,19,20,21,24). The summed E-state index contributed by atoms with van der Waals surface area (Å²) in [5, 5.41) is 5.67. The fourth-order valence-corrected chi connectivity index (χ4v) is 3.13. The van der Waals surface area contributed by atoms with E-state index in [2.05, 4.69) is 42.5 Å². The van der Waals surface area contributed by atoms with Crippen molar-refractivity contribution in [2.75, 3.05) is 19.0 Å². The lowest BCUT2D eigenvalue weighted by Gasteiger charge is -2.11. The highest BCUT2D eigenvalue weighted by atomic mass is 79.9. The van der Waals surface area contributed by atoms with Crippen LogP contribution >= 0.6 is 44.1 Å². The zero-order chi connectivity index (χ0) is 17.5. The Labute approximate surface area is 162 Å². The second-order valence-electron chi connectivity index (χ2n) is 4.59. The Kier molecular flexibility index (Phi) is 7.01. The summed E-state index contributed by atoms with van der Waals surface area (Å²) in [6.45, 7) is -0.148. The van der Waals surface area contributed by atoms with Gasteiger partial charge in [-0.05, 0) is 70.6 Å². The van der Waals surface area contributed by atoms with Gasteiger partial charge in [-0.3, -0.25) is 10.1 Å². The summed E-state index contributed by atoms with van der Waals surface area (Å²) in [5.41, 5.74) is 0.748. The maximum absolute atomic E-state index is 11.9. The van der Waals surface area contributed by atoms with Gasteiger partial charge in [-0.2, -0.15) is 0 Å². The summed E-state index contributed by atoms with van der Waals surface area (Å²) in [5.74, 6) is 0.960. The number of benzene rings is 2. The molecule has 0 heterocycles. The molecule has 0 spiro atoms. The minimum absolute atomic E-state index is 0.148. The number of ether oxygens (including phenoxy) is 2. The van der Waals surface area contributed by atoms with Gasteiger partial charge in [0.2, 0.25) is 0 Å². The van der Waals surface area contributed by atoms with Crippen molar-refractivity contribution in [2.45, 2.75) is 0 Å². The van der Waals surface area contributed by atoms with Gasteiger partial charge < -0.3 is 14.8 Å². The van der Waals surface area contributed by atoms with Gasteiger partial charge in [0.15, 0.2) is 11.7 Å². The molecule has 0 unspecified atom stereocenters. The van der Waals surface area contributed by atoms with E-state index < -0.39 is 0 Å². The number of anilines is 1. The SMILES string of the molecule is COc1ccc(NC(=S)NC(=O)COc2ccc(Br)cc2Br)cc1. The maximum Gasteiger partial charge on any atom is 0.264 e. The Morgan fingerprint density at radius 1 is 1.17 bits per heavy atom. The highest BCUT2D eigenvalue weighted by Crippen LogP contribution is 2.28. The molecule has 0 saturated carbocycles. The summed E-state index contributed by atoms with van der Waals surface area (Å²) in [7, 11) is 1.59. The molecule has 2 aromatic rings. The van der Waals surface area contributed by atoms with E-state index in [-0.39, 0.29) is 17.6 Å². The van der Waals surface area contributed by atoms with Gasteiger partial charge in [0.25, 0.3) is 5.91 Å². The summed E-state index contributed by atoms with van der Waals surface area (Å²) in [4.78, 5) is 11.9. The first kappa shape index (κ1) is 18.7. The van der Waals surface area contributed by atoms with E-state index in [0.717, 1.165) is 20.4 Å². The van der Waals surface area contributed by atoms with E-state index in [4.69, 9.17) is 21.7 Å². The van der Waals surface area contributed by atoms with Gasteiger partial charge in [-0.15, -0.1) is 0 Å². The van der Waals surface area contributed by atoms with E-state index in [1.54, 1.807) is 37.4 Å². The smallest absolute Gasteiger partial charge is 0.264 e. The summed E-state index contributed by atoms with van der Waals surface area (Å²) >= 11 is 11.8. The zero-order valence-electron chi connectivity index (χ0n) is 12.6. The van der Waals surface area contributed by atoms with Gasteiger partial charge in [0, 0.05) is 10.2 Å². The lowest BCUT2D eigenvalue weighted by Crippen LogP contribution is -2.37. The average Bonchev–Trinajstić information content (AvgIpc) is 2.54. The molecule has 0 saturated heterocycles. The first-order valence-corrected chi connectivity index (χ1v) is 8.80. The lowest BCUT2D eigenvalue weighted by atomic mass is 10.3. The predicted octanol–water partition coefficient (Wildman–Crippen LogP) is 4.11. The van der Waals surface area contributed by atoms with Crippen LogP contribution in [0.2, 0.25) is 0 Å². The largest absolute Gasteiger partial charge is 0.497 e. The molecule has 5 nitrogen and oxygen atoms in total. The van der Waals surface area contributed by atoms with Gasteiger partial charge in [0.1, 0.15) is 11.5 Å². The third kappa shape index (κ3) is 5.77. The zero-order valence-corrected chi connectivity index (χ0v) is 16.6. The second-order valence-corrected chi connectivity index (χ2v) is 6.77. The van der Waals surface area contributed by atoms with Crippen LogP contribution in [0.4, 0.5) is 5.69 Å². The first-order valence-electron chi connectivity index (χ1n) is 6.80. The van der Waals surface area contributed by atoms with Crippen LogP contribution in [-0.4, -0.2) is 24.7 Å². The van der Waals surface area contributed by atoms with Crippen LogP contribution in [0.15, 0.2) is 51.4 Å². The molecule has 0 bridgehead atoms. The number of nitrogens with one attached hydrogen (secondary N) is 2. The molecular weight excluding hydrogens is 460 g/mol. The van der Waals surface area contributed by atoms with Gasteiger partial charge >= 0.3 is 0 Å². The van der Waals surface area contributed by atoms with Gasteiger partial charge in [0.05, 0.1) is 11.6 Å². The Hall–Kier alpha value is -1.64. The molecule has 24 heavy (non-hydrogen) atoms. The third-order valence-electron chi connectivity index (χ3n) is 2.85. The van der Waals surface area contributed by atoms with E-state index in [1.807, 2.05) is 12.1 Å². The number of carbonyl (C=O) groups excluding carboxylic acids is 1. The normalized spacial score (nSPS) is 9.96. The van der Waals surface area contributed by atoms with Crippen LogP contribution in [-0.2, 0) is 4.79 Å². The van der Waals surface area contributed by atoms with E-state index in [0.29, 0.717) is 5.75 Å². The predicted molar refractivity (Wildman–Crippen MR) is 105 cm³/mol. The number of hydrogen-bond acceptors (Lipinski definition) is 4. The van der Waals surface area contributed by atoms with Gasteiger partial charge in [-0.25, -0.2) is 0 Å². The van der Waals surface area contributed by atoms with Crippen LogP contribution in [0.5, 0.6) is 11.5 Å². The second kappa shape index (κ2) is 9.00. The van der Waals surface area contributed by atoms with Crippen molar-refractivity contribution in [1.82, 2.24) is 5.32 Å². The monoisotopic (exact) mass is 472 g/mol. The molecule has 0 aliphatic heterocycles. The molecule has 8 heteroatoms. The summed E-state index contributed by atoms with van der Waals surface area (Å²) in [6.07, 6.45) is 0. The molecule has 0 fully saturated rings. The molecule has 0 aromatic heterocycles. The van der Waals surface area contributed by atoms with Crippen molar-refractivity contribution >= 4 is 60.8 Å². The Morgan fingerprint density at radius 2 is 1.88 bits per heavy atom. The molecular formula is C16H14Br2N2O3S.